The van der Waals surface area contributed by atoms with Crippen LogP contribution >= 0.6 is 11.6 Å². The lowest BCUT2D eigenvalue weighted by Crippen LogP contribution is -2.32. The SMILES string of the molecule is CCCN(CCC)CCCNC(=O)c1ccc2c(c1)N(Cc1cccc(Cl)c1)C(=O)c1ccccc1S2(=O)=O. The van der Waals surface area contributed by atoms with Crippen molar-refractivity contribution in [3.05, 3.63) is 88.4 Å². The van der Waals surface area contributed by atoms with Crippen molar-refractivity contribution in [1.29, 1.82) is 0 Å². The minimum atomic E-state index is -4.01. The molecule has 0 radical (unpaired) electrons. The summed E-state index contributed by atoms with van der Waals surface area (Å²) in [7, 11) is -4.01. The van der Waals surface area contributed by atoms with E-state index in [1.807, 2.05) is 6.07 Å². The molecule has 4 rings (SSSR count). The van der Waals surface area contributed by atoms with Gasteiger partial charge in [0.15, 0.2) is 0 Å². The molecule has 0 unspecified atom stereocenters. The van der Waals surface area contributed by atoms with Crippen LogP contribution in [0.2, 0.25) is 5.02 Å². The summed E-state index contributed by atoms with van der Waals surface area (Å²) in [6, 6.07) is 17.7. The predicted molar refractivity (Wildman–Crippen MR) is 154 cm³/mol. The molecule has 0 fully saturated rings. The molecular weight excluding hydrogens is 534 g/mol. The molecule has 0 spiro atoms. The number of fused-ring (bicyclic) bond motifs is 2. The van der Waals surface area contributed by atoms with Gasteiger partial charge < -0.3 is 15.1 Å². The lowest BCUT2D eigenvalue weighted by Gasteiger charge is -2.24. The Hall–Kier alpha value is -3.20. The van der Waals surface area contributed by atoms with Crippen molar-refractivity contribution in [2.75, 3.05) is 31.1 Å². The zero-order chi connectivity index (χ0) is 28.0. The molecule has 1 heterocycles. The van der Waals surface area contributed by atoms with Crippen LogP contribution in [0.5, 0.6) is 0 Å². The fourth-order valence-corrected chi connectivity index (χ4v) is 6.74. The van der Waals surface area contributed by atoms with E-state index in [1.54, 1.807) is 30.3 Å². The quantitative estimate of drug-likeness (QED) is 0.306. The molecule has 2 amide bonds. The highest BCUT2D eigenvalue weighted by Crippen LogP contribution is 2.38. The van der Waals surface area contributed by atoms with Gasteiger partial charge in [-0.15, -0.1) is 0 Å². The van der Waals surface area contributed by atoms with Crippen molar-refractivity contribution in [3.8, 4) is 0 Å². The van der Waals surface area contributed by atoms with Crippen molar-refractivity contribution in [1.82, 2.24) is 10.2 Å². The maximum absolute atomic E-state index is 13.8. The van der Waals surface area contributed by atoms with Crippen molar-refractivity contribution < 1.29 is 18.0 Å². The molecule has 1 aliphatic heterocycles. The Balaban J connectivity index is 1.65. The van der Waals surface area contributed by atoms with Crippen LogP contribution in [-0.4, -0.2) is 51.3 Å². The molecule has 3 aromatic carbocycles. The molecule has 1 N–H and O–H groups in total. The summed E-state index contributed by atoms with van der Waals surface area (Å²) in [4.78, 5) is 30.6. The number of carbonyl (C=O) groups is 2. The third kappa shape index (κ3) is 6.52. The van der Waals surface area contributed by atoms with Crippen LogP contribution in [0.1, 0.15) is 59.4 Å². The maximum atomic E-state index is 13.8. The van der Waals surface area contributed by atoms with Crippen molar-refractivity contribution in [2.24, 2.45) is 0 Å². The van der Waals surface area contributed by atoms with Crippen LogP contribution in [-0.2, 0) is 16.4 Å². The summed E-state index contributed by atoms with van der Waals surface area (Å²) in [6.07, 6.45) is 2.97. The molecule has 0 aromatic heterocycles. The molecule has 0 bridgehead atoms. The van der Waals surface area contributed by atoms with Gasteiger partial charge in [0.25, 0.3) is 11.8 Å². The number of nitrogens with one attached hydrogen (secondary N) is 1. The number of sulfone groups is 1. The third-order valence-corrected chi connectivity index (χ3v) is 8.79. The van der Waals surface area contributed by atoms with Gasteiger partial charge in [-0.25, -0.2) is 8.42 Å². The molecule has 206 valence electrons. The van der Waals surface area contributed by atoms with Crippen molar-refractivity contribution in [3.63, 3.8) is 0 Å². The number of amides is 2. The van der Waals surface area contributed by atoms with Gasteiger partial charge in [-0.1, -0.05) is 49.7 Å². The fourth-order valence-electron chi connectivity index (χ4n) is 4.90. The van der Waals surface area contributed by atoms with Crippen molar-refractivity contribution in [2.45, 2.75) is 49.4 Å². The number of rotatable bonds is 11. The van der Waals surface area contributed by atoms with Gasteiger partial charge in [-0.3, -0.25) is 9.59 Å². The van der Waals surface area contributed by atoms with Crippen LogP contribution in [0.3, 0.4) is 0 Å². The Morgan fingerprint density at radius 1 is 0.923 bits per heavy atom. The zero-order valence-corrected chi connectivity index (χ0v) is 23.9. The smallest absolute Gasteiger partial charge is 0.259 e. The number of hydrogen-bond donors (Lipinski definition) is 1. The Morgan fingerprint density at radius 2 is 1.67 bits per heavy atom. The Kier molecular flexibility index (Phi) is 9.43. The second-order valence-corrected chi connectivity index (χ2v) is 12.0. The Morgan fingerprint density at radius 3 is 2.38 bits per heavy atom. The average Bonchev–Trinajstić information content (AvgIpc) is 2.99. The monoisotopic (exact) mass is 567 g/mol. The largest absolute Gasteiger partial charge is 0.352 e. The minimum Gasteiger partial charge on any atom is -0.352 e. The number of carbonyl (C=O) groups excluding carboxylic acids is 2. The van der Waals surface area contributed by atoms with Crippen LogP contribution in [0, 0.1) is 0 Å². The molecule has 1 aliphatic rings. The van der Waals surface area contributed by atoms with Gasteiger partial charge in [-0.2, -0.15) is 0 Å². The van der Waals surface area contributed by atoms with Gasteiger partial charge in [0.2, 0.25) is 9.84 Å². The van der Waals surface area contributed by atoms with Gasteiger partial charge in [0.05, 0.1) is 27.6 Å². The highest BCUT2D eigenvalue weighted by molar-refractivity contribution is 7.91. The third-order valence-electron chi connectivity index (χ3n) is 6.70. The summed E-state index contributed by atoms with van der Waals surface area (Å²) in [6.45, 7) is 7.84. The highest BCUT2D eigenvalue weighted by atomic mass is 35.5. The summed E-state index contributed by atoms with van der Waals surface area (Å²) < 4.78 is 27.3. The van der Waals surface area contributed by atoms with Crippen molar-refractivity contribution >= 4 is 38.9 Å². The molecule has 7 nitrogen and oxygen atoms in total. The standard InChI is InChI=1S/C30H34ClN3O4S/c1-3-16-33(17-4-2)18-8-15-32-29(35)23-13-14-28-26(20-23)34(21-22-9-7-10-24(31)19-22)30(36)25-11-5-6-12-27(25)39(28,37)38/h5-7,9-14,19-20H,3-4,8,15-18,21H2,1-2H3,(H,32,35). The second kappa shape index (κ2) is 12.8. The molecule has 0 atom stereocenters. The van der Waals surface area contributed by atoms with E-state index in [0.717, 1.165) is 44.5 Å². The highest BCUT2D eigenvalue weighted by Gasteiger charge is 2.36. The summed E-state index contributed by atoms with van der Waals surface area (Å²) in [5.41, 5.74) is 1.28. The number of nitrogens with zero attached hydrogens (tertiary/aromatic N) is 2. The molecule has 39 heavy (non-hydrogen) atoms. The zero-order valence-electron chi connectivity index (χ0n) is 22.3. The second-order valence-electron chi connectivity index (χ2n) is 9.65. The average molecular weight is 568 g/mol. The lowest BCUT2D eigenvalue weighted by molar-refractivity contribution is 0.0948. The summed E-state index contributed by atoms with van der Waals surface area (Å²) in [5.74, 6) is -0.776. The van der Waals surface area contributed by atoms with Gasteiger partial charge in [0.1, 0.15) is 0 Å². The van der Waals surface area contributed by atoms with E-state index in [4.69, 9.17) is 11.6 Å². The van der Waals surface area contributed by atoms with E-state index < -0.39 is 15.7 Å². The Labute approximate surface area is 235 Å². The topological polar surface area (TPSA) is 86.8 Å². The number of benzene rings is 3. The van der Waals surface area contributed by atoms with Crippen LogP contribution in [0.15, 0.2) is 76.5 Å². The first-order valence-electron chi connectivity index (χ1n) is 13.3. The first-order valence-corrected chi connectivity index (χ1v) is 15.2. The van der Waals surface area contributed by atoms with E-state index in [0.29, 0.717) is 11.6 Å². The van der Waals surface area contributed by atoms with Gasteiger partial charge in [-0.05, 0) is 86.9 Å². The van der Waals surface area contributed by atoms with E-state index in [2.05, 4.69) is 24.1 Å². The van der Waals surface area contributed by atoms with Gasteiger partial charge >= 0.3 is 0 Å². The maximum Gasteiger partial charge on any atom is 0.259 e. The molecule has 0 saturated heterocycles. The molecule has 0 saturated carbocycles. The summed E-state index contributed by atoms with van der Waals surface area (Å²) in [5, 5.41) is 3.45. The normalized spacial score (nSPS) is 14.1. The number of hydrogen-bond acceptors (Lipinski definition) is 5. The van der Waals surface area contributed by atoms with E-state index in [-0.39, 0.29) is 39.1 Å². The first kappa shape index (κ1) is 28.8. The predicted octanol–water partition coefficient (Wildman–Crippen LogP) is 5.58. The summed E-state index contributed by atoms with van der Waals surface area (Å²) >= 11 is 6.18. The lowest BCUT2D eigenvalue weighted by atomic mass is 10.1. The number of anilines is 1. The van der Waals surface area contributed by atoms with E-state index >= 15 is 0 Å². The minimum absolute atomic E-state index is 0.0193. The molecule has 3 aromatic rings. The van der Waals surface area contributed by atoms with Crippen LogP contribution in [0.25, 0.3) is 0 Å². The first-order chi connectivity index (χ1) is 18.8. The Bertz CT molecular complexity index is 1450. The molecule has 9 heteroatoms. The molecule has 0 aliphatic carbocycles. The van der Waals surface area contributed by atoms with Gasteiger partial charge in [0, 0.05) is 17.1 Å². The fraction of sp³-hybridized carbons (Fsp3) is 0.333. The van der Waals surface area contributed by atoms with Crippen LogP contribution < -0.4 is 10.2 Å². The van der Waals surface area contributed by atoms with E-state index in [9.17, 15) is 18.0 Å². The number of halogens is 1. The molecular formula is C30H34ClN3O4S. The van der Waals surface area contributed by atoms with Crippen LogP contribution in [0.4, 0.5) is 5.69 Å². The van der Waals surface area contributed by atoms with E-state index in [1.165, 1.54) is 35.2 Å².